The van der Waals surface area contributed by atoms with Crippen LogP contribution in [0.25, 0.3) is 21.5 Å². The number of fused-ring (bicyclic) bond motifs is 2. The molecule has 0 aliphatic heterocycles. The summed E-state index contributed by atoms with van der Waals surface area (Å²) in [6.45, 7) is 0.506. The Labute approximate surface area is 158 Å². The first-order valence-electron chi connectivity index (χ1n) is 9.12. The van der Waals surface area contributed by atoms with E-state index in [2.05, 4.69) is 35.6 Å². The van der Waals surface area contributed by atoms with Gasteiger partial charge in [0.05, 0.1) is 0 Å². The molecule has 0 bridgehead atoms. The lowest BCUT2D eigenvalue weighted by Gasteiger charge is -2.17. The highest BCUT2D eigenvalue weighted by atomic mass is 16.4. The van der Waals surface area contributed by atoms with Gasteiger partial charge in [-0.15, -0.1) is 0 Å². The first kappa shape index (κ1) is 17.3. The quantitative estimate of drug-likeness (QED) is 0.490. The predicted molar refractivity (Wildman–Crippen MR) is 110 cm³/mol. The van der Waals surface area contributed by atoms with Crippen LogP contribution in [-0.2, 0) is 17.8 Å². The molecule has 4 aromatic carbocycles. The van der Waals surface area contributed by atoms with Crippen LogP contribution in [0.2, 0.25) is 0 Å². The molecule has 0 aliphatic rings. The van der Waals surface area contributed by atoms with Crippen LogP contribution in [0.4, 0.5) is 0 Å². The molecule has 3 heteroatoms. The SMILES string of the molecule is O=C(O)[C@H](Cc1ccccc1)NCc1c2ccccc2cc2ccccc12. The molecule has 0 aliphatic carbocycles. The molecule has 1 atom stereocenters. The number of hydrogen-bond acceptors (Lipinski definition) is 2. The summed E-state index contributed by atoms with van der Waals surface area (Å²) < 4.78 is 0. The molecular weight excluding hydrogens is 334 g/mol. The summed E-state index contributed by atoms with van der Waals surface area (Å²) in [7, 11) is 0. The summed E-state index contributed by atoms with van der Waals surface area (Å²) in [5.74, 6) is -0.830. The summed E-state index contributed by atoms with van der Waals surface area (Å²) in [6, 6.07) is 27.8. The van der Waals surface area contributed by atoms with E-state index < -0.39 is 12.0 Å². The number of carboxylic acid groups (broad SMARTS) is 1. The Morgan fingerprint density at radius 3 is 1.96 bits per heavy atom. The normalized spacial score (nSPS) is 12.3. The van der Waals surface area contributed by atoms with Crippen LogP contribution in [-0.4, -0.2) is 17.1 Å². The molecule has 27 heavy (non-hydrogen) atoms. The fourth-order valence-electron chi connectivity index (χ4n) is 3.62. The van der Waals surface area contributed by atoms with Crippen LogP contribution in [0.3, 0.4) is 0 Å². The van der Waals surface area contributed by atoms with Crippen molar-refractivity contribution in [1.29, 1.82) is 0 Å². The average molecular weight is 355 g/mol. The lowest BCUT2D eigenvalue weighted by Crippen LogP contribution is -2.38. The van der Waals surface area contributed by atoms with Gasteiger partial charge in [0.1, 0.15) is 6.04 Å². The molecule has 134 valence electrons. The maximum atomic E-state index is 11.8. The van der Waals surface area contributed by atoms with Crippen molar-refractivity contribution in [2.45, 2.75) is 19.0 Å². The van der Waals surface area contributed by atoms with Gasteiger partial charge in [-0.25, -0.2) is 0 Å². The summed E-state index contributed by atoms with van der Waals surface area (Å²) in [5, 5.41) is 17.6. The van der Waals surface area contributed by atoms with Gasteiger partial charge < -0.3 is 5.11 Å². The molecule has 0 aromatic heterocycles. The van der Waals surface area contributed by atoms with Gasteiger partial charge in [-0.1, -0.05) is 78.9 Å². The maximum Gasteiger partial charge on any atom is 0.321 e. The second kappa shape index (κ2) is 7.60. The van der Waals surface area contributed by atoms with E-state index in [1.165, 1.54) is 10.8 Å². The summed E-state index contributed by atoms with van der Waals surface area (Å²) in [6.07, 6.45) is 0.457. The average Bonchev–Trinajstić information content (AvgIpc) is 2.70. The van der Waals surface area contributed by atoms with Crippen LogP contribution in [0.5, 0.6) is 0 Å². The smallest absolute Gasteiger partial charge is 0.321 e. The lowest BCUT2D eigenvalue weighted by molar-refractivity contribution is -0.139. The van der Waals surface area contributed by atoms with Crippen LogP contribution in [0.1, 0.15) is 11.1 Å². The Morgan fingerprint density at radius 2 is 1.37 bits per heavy atom. The Hall–Kier alpha value is -3.17. The summed E-state index contributed by atoms with van der Waals surface area (Å²) >= 11 is 0. The Balaban J connectivity index is 1.68. The number of hydrogen-bond donors (Lipinski definition) is 2. The number of nitrogens with one attached hydrogen (secondary N) is 1. The van der Waals surface area contributed by atoms with Crippen molar-refractivity contribution in [2.24, 2.45) is 0 Å². The second-order valence-corrected chi connectivity index (χ2v) is 6.76. The Bertz CT molecular complexity index is 1040. The van der Waals surface area contributed by atoms with E-state index in [0.29, 0.717) is 13.0 Å². The van der Waals surface area contributed by atoms with Crippen molar-refractivity contribution in [3.8, 4) is 0 Å². The molecule has 0 unspecified atom stereocenters. The van der Waals surface area contributed by atoms with Gasteiger partial charge in [0.25, 0.3) is 0 Å². The molecule has 0 spiro atoms. The van der Waals surface area contributed by atoms with Gasteiger partial charge in [-0.3, -0.25) is 10.1 Å². The van der Waals surface area contributed by atoms with Crippen molar-refractivity contribution in [1.82, 2.24) is 5.32 Å². The third-order valence-electron chi connectivity index (χ3n) is 4.99. The fourth-order valence-corrected chi connectivity index (χ4v) is 3.62. The molecule has 0 saturated carbocycles. The van der Waals surface area contributed by atoms with E-state index in [0.717, 1.165) is 21.9 Å². The maximum absolute atomic E-state index is 11.8. The van der Waals surface area contributed by atoms with Crippen molar-refractivity contribution < 1.29 is 9.90 Å². The predicted octanol–water partition coefficient (Wildman–Crippen LogP) is 4.78. The highest BCUT2D eigenvalue weighted by molar-refractivity contribution is 6.02. The summed E-state index contributed by atoms with van der Waals surface area (Å²) in [5.41, 5.74) is 2.16. The van der Waals surface area contributed by atoms with Crippen LogP contribution in [0, 0.1) is 0 Å². The van der Waals surface area contributed by atoms with E-state index in [1.807, 2.05) is 54.6 Å². The molecule has 3 nitrogen and oxygen atoms in total. The minimum Gasteiger partial charge on any atom is -0.480 e. The highest BCUT2D eigenvalue weighted by Crippen LogP contribution is 2.28. The van der Waals surface area contributed by atoms with E-state index >= 15 is 0 Å². The largest absolute Gasteiger partial charge is 0.480 e. The van der Waals surface area contributed by atoms with Crippen LogP contribution >= 0.6 is 0 Å². The zero-order valence-electron chi connectivity index (χ0n) is 14.9. The van der Waals surface area contributed by atoms with Crippen molar-refractivity contribution in [2.75, 3.05) is 0 Å². The number of benzene rings is 4. The first-order valence-corrected chi connectivity index (χ1v) is 9.12. The van der Waals surface area contributed by atoms with E-state index in [9.17, 15) is 9.90 Å². The van der Waals surface area contributed by atoms with Gasteiger partial charge in [0.2, 0.25) is 0 Å². The van der Waals surface area contributed by atoms with E-state index in [4.69, 9.17) is 0 Å². The third kappa shape index (κ3) is 3.69. The molecule has 0 amide bonds. The third-order valence-corrected chi connectivity index (χ3v) is 4.99. The molecule has 2 N–H and O–H groups in total. The Kier molecular flexibility index (Phi) is 4.86. The van der Waals surface area contributed by atoms with Gasteiger partial charge in [-0.05, 0) is 45.2 Å². The fraction of sp³-hybridized carbons (Fsp3) is 0.125. The summed E-state index contributed by atoms with van der Waals surface area (Å²) in [4.78, 5) is 11.8. The molecule has 4 rings (SSSR count). The van der Waals surface area contributed by atoms with Gasteiger partial charge in [0.15, 0.2) is 0 Å². The van der Waals surface area contributed by atoms with Crippen molar-refractivity contribution in [3.63, 3.8) is 0 Å². The van der Waals surface area contributed by atoms with Gasteiger partial charge >= 0.3 is 5.97 Å². The highest BCUT2D eigenvalue weighted by Gasteiger charge is 2.18. The lowest BCUT2D eigenvalue weighted by atomic mass is 9.96. The first-order chi connectivity index (χ1) is 13.2. The van der Waals surface area contributed by atoms with E-state index in [1.54, 1.807) is 0 Å². The van der Waals surface area contributed by atoms with Crippen LogP contribution < -0.4 is 5.32 Å². The zero-order valence-corrected chi connectivity index (χ0v) is 14.9. The molecule has 0 radical (unpaired) electrons. The molecule has 0 heterocycles. The van der Waals surface area contributed by atoms with Crippen LogP contribution in [0.15, 0.2) is 84.9 Å². The van der Waals surface area contributed by atoms with Crippen molar-refractivity contribution >= 4 is 27.5 Å². The van der Waals surface area contributed by atoms with Gasteiger partial charge in [-0.2, -0.15) is 0 Å². The number of carboxylic acids is 1. The standard InChI is InChI=1S/C24H21NO2/c26-24(27)23(14-17-8-2-1-3-9-17)25-16-22-20-12-6-4-10-18(20)15-19-11-5-7-13-21(19)22/h1-13,15,23,25H,14,16H2,(H,26,27)/t23-/m0/s1. The Morgan fingerprint density at radius 1 is 0.815 bits per heavy atom. The topological polar surface area (TPSA) is 49.3 Å². The number of aliphatic carboxylic acids is 1. The van der Waals surface area contributed by atoms with Crippen molar-refractivity contribution in [3.05, 3.63) is 96.1 Å². The monoisotopic (exact) mass is 355 g/mol. The van der Waals surface area contributed by atoms with E-state index in [-0.39, 0.29) is 0 Å². The molecule has 0 saturated heterocycles. The molecule has 0 fully saturated rings. The number of rotatable bonds is 6. The minimum atomic E-state index is -0.830. The molecule has 4 aromatic rings. The number of carbonyl (C=O) groups is 1. The molecular formula is C24H21NO2. The second-order valence-electron chi connectivity index (χ2n) is 6.76. The zero-order chi connectivity index (χ0) is 18.6. The minimum absolute atomic E-state index is 0.457. The van der Waals surface area contributed by atoms with Gasteiger partial charge in [0, 0.05) is 6.54 Å².